The second-order valence-corrected chi connectivity index (χ2v) is 7.97. The molecule has 26 heavy (non-hydrogen) atoms. The van der Waals surface area contributed by atoms with Crippen molar-refractivity contribution in [2.24, 2.45) is 4.99 Å². The Bertz CT molecular complexity index is 899. The molecule has 132 valence electrons. The lowest BCUT2D eigenvalue weighted by Gasteiger charge is -2.11. The number of ether oxygens (including phenoxy) is 1. The fraction of sp³-hybridized carbons (Fsp3) is 0.0952. The Balaban J connectivity index is 1.73. The Labute approximate surface area is 175 Å². The van der Waals surface area contributed by atoms with Crippen molar-refractivity contribution >= 4 is 55.4 Å². The van der Waals surface area contributed by atoms with Crippen LogP contribution in [0.2, 0.25) is 5.02 Å². The summed E-state index contributed by atoms with van der Waals surface area (Å²) in [4.78, 5) is 4.51. The van der Waals surface area contributed by atoms with Gasteiger partial charge < -0.3 is 4.74 Å². The first-order valence-corrected chi connectivity index (χ1v) is 9.95. The van der Waals surface area contributed by atoms with E-state index in [0.717, 1.165) is 31.5 Å². The minimum atomic E-state index is 0.463. The van der Waals surface area contributed by atoms with E-state index >= 15 is 0 Å². The quantitative estimate of drug-likeness (QED) is 0.337. The van der Waals surface area contributed by atoms with Crippen LogP contribution in [0, 0.1) is 6.92 Å². The molecule has 0 radical (unpaired) electrons. The molecule has 0 spiro atoms. The Morgan fingerprint density at radius 2 is 1.58 bits per heavy atom. The number of rotatable bonds is 5. The molecular formula is C21H16Br2ClNO. The molecule has 5 heteroatoms. The van der Waals surface area contributed by atoms with Crippen LogP contribution < -0.4 is 4.74 Å². The summed E-state index contributed by atoms with van der Waals surface area (Å²) in [6.45, 7) is 2.52. The van der Waals surface area contributed by atoms with Gasteiger partial charge in [0.15, 0.2) is 0 Å². The Morgan fingerprint density at radius 3 is 2.19 bits per heavy atom. The molecule has 0 amide bonds. The molecule has 0 aliphatic heterocycles. The normalized spacial score (nSPS) is 11.1. The molecule has 0 bridgehead atoms. The molecule has 0 unspecified atom stereocenters. The van der Waals surface area contributed by atoms with Crippen LogP contribution in [0.1, 0.15) is 16.7 Å². The molecule has 0 atom stereocenters. The largest absolute Gasteiger partial charge is 0.487 e. The zero-order valence-electron chi connectivity index (χ0n) is 14.0. The Kier molecular flexibility index (Phi) is 6.52. The smallest absolute Gasteiger partial charge is 0.148 e. The van der Waals surface area contributed by atoms with Crippen molar-refractivity contribution in [3.63, 3.8) is 0 Å². The van der Waals surface area contributed by atoms with E-state index < -0.39 is 0 Å². The summed E-state index contributed by atoms with van der Waals surface area (Å²) in [6, 6.07) is 19.7. The van der Waals surface area contributed by atoms with Crippen LogP contribution in [0.15, 0.2) is 74.6 Å². The average Bonchev–Trinajstić information content (AvgIpc) is 2.62. The van der Waals surface area contributed by atoms with Gasteiger partial charge in [-0.3, -0.25) is 4.99 Å². The lowest BCUT2D eigenvalue weighted by molar-refractivity contribution is 0.302. The van der Waals surface area contributed by atoms with E-state index in [4.69, 9.17) is 16.3 Å². The Morgan fingerprint density at radius 1 is 0.962 bits per heavy atom. The predicted molar refractivity (Wildman–Crippen MR) is 116 cm³/mol. The van der Waals surface area contributed by atoms with Crippen LogP contribution in [0.25, 0.3) is 0 Å². The molecule has 0 aromatic heterocycles. The van der Waals surface area contributed by atoms with Gasteiger partial charge in [-0.05, 0) is 86.3 Å². The second-order valence-electron chi connectivity index (χ2n) is 5.82. The van der Waals surface area contributed by atoms with E-state index in [9.17, 15) is 0 Å². The lowest BCUT2D eigenvalue weighted by atomic mass is 10.2. The van der Waals surface area contributed by atoms with Gasteiger partial charge in [0.1, 0.15) is 12.4 Å². The van der Waals surface area contributed by atoms with Gasteiger partial charge in [0, 0.05) is 11.2 Å². The summed E-state index contributed by atoms with van der Waals surface area (Å²) in [6.07, 6.45) is 1.84. The number of benzene rings is 3. The summed E-state index contributed by atoms with van der Waals surface area (Å²) in [7, 11) is 0. The number of halogens is 3. The third-order valence-electron chi connectivity index (χ3n) is 3.71. The maximum Gasteiger partial charge on any atom is 0.148 e. The molecule has 3 aromatic carbocycles. The fourth-order valence-corrected chi connectivity index (χ4v) is 3.88. The number of aryl methyl sites for hydroxylation is 1. The summed E-state index contributed by atoms with van der Waals surface area (Å²) in [5.74, 6) is 0.757. The molecule has 0 saturated heterocycles. The molecule has 0 aliphatic rings. The van der Waals surface area contributed by atoms with E-state index in [2.05, 4.69) is 43.8 Å². The molecule has 0 saturated carbocycles. The van der Waals surface area contributed by atoms with E-state index in [-0.39, 0.29) is 0 Å². The van der Waals surface area contributed by atoms with Crippen LogP contribution in [0.5, 0.6) is 5.75 Å². The number of nitrogens with zero attached hydrogens (tertiary/aromatic N) is 1. The zero-order valence-corrected chi connectivity index (χ0v) is 18.0. The third kappa shape index (κ3) is 5.19. The molecular weight excluding hydrogens is 477 g/mol. The first-order chi connectivity index (χ1) is 12.5. The van der Waals surface area contributed by atoms with Crippen LogP contribution in [0.3, 0.4) is 0 Å². The predicted octanol–water partition coefficient (Wildman–Crippen LogP) is 7.50. The standard InChI is InChI=1S/C21H16Br2ClNO/c1-14-2-8-18(9-3-14)25-12-16-10-19(22)21(20(23)11-16)26-13-15-4-6-17(24)7-5-15/h2-12H,13H2,1H3. The first-order valence-electron chi connectivity index (χ1n) is 7.98. The van der Waals surface area contributed by atoms with E-state index in [1.807, 2.05) is 66.9 Å². The molecule has 0 N–H and O–H groups in total. The van der Waals surface area contributed by atoms with E-state index in [1.165, 1.54) is 5.56 Å². The van der Waals surface area contributed by atoms with Crippen LogP contribution in [-0.4, -0.2) is 6.21 Å². The second kappa shape index (κ2) is 8.85. The molecule has 0 fully saturated rings. The highest BCUT2D eigenvalue weighted by atomic mass is 79.9. The van der Waals surface area contributed by atoms with Gasteiger partial charge in [-0.15, -0.1) is 0 Å². The maximum absolute atomic E-state index is 5.94. The minimum absolute atomic E-state index is 0.463. The fourth-order valence-electron chi connectivity index (χ4n) is 2.31. The van der Waals surface area contributed by atoms with Gasteiger partial charge in [-0.25, -0.2) is 0 Å². The molecule has 2 nitrogen and oxygen atoms in total. The van der Waals surface area contributed by atoms with Gasteiger partial charge in [0.25, 0.3) is 0 Å². The topological polar surface area (TPSA) is 21.6 Å². The maximum atomic E-state index is 5.94. The zero-order chi connectivity index (χ0) is 18.5. The summed E-state index contributed by atoms with van der Waals surface area (Å²) in [5, 5.41) is 0.716. The van der Waals surface area contributed by atoms with Crippen molar-refractivity contribution in [1.29, 1.82) is 0 Å². The average molecular weight is 494 g/mol. The molecule has 3 rings (SSSR count). The Hall–Kier alpha value is -1.62. The van der Waals surface area contributed by atoms with Gasteiger partial charge in [-0.2, -0.15) is 0 Å². The van der Waals surface area contributed by atoms with Gasteiger partial charge in [-0.1, -0.05) is 41.4 Å². The van der Waals surface area contributed by atoms with Crippen molar-refractivity contribution in [2.45, 2.75) is 13.5 Å². The van der Waals surface area contributed by atoms with Crippen molar-refractivity contribution in [1.82, 2.24) is 0 Å². The molecule has 0 aliphatic carbocycles. The van der Waals surface area contributed by atoms with Crippen molar-refractivity contribution in [2.75, 3.05) is 0 Å². The van der Waals surface area contributed by atoms with Crippen LogP contribution in [0.4, 0.5) is 5.69 Å². The molecule has 3 aromatic rings. The monoisotopic (exact) mass is 491 g/mol. The third-order valence-corrected chi connectivity index (χ3v) is 5.14. The highest BCUT2D eigenvalue weighted by molar-refractivity contribution is 9.11. The minimum Gasteiger partial charge on any atom is -0.487 e. The highest BCUT2D eigenvalue weighted by Gasteiger charge is 2.09. The lowest BCUT2D eigenvalue weighted by Crippen LogP contribution is -1.97. The SMILES string of the molecule is Cc1ccc(N=Cc2cc(Br)c(OCc3ccc(Cl)cc3)c(Br)c2)cc1. The van der Waals surface area contributed by atoms with Gasteiger partial charge >= 0.3 is 0 Å². The van der Waals surface area contributed by atoms with Crippen molar-refractivity contribution < 1.29 is 4.74 Å². The number of hydrogen-bond donors (Lipinski definition) is 0. The van der Waals surface area contributed by atoms with Crippen molar-refractivity contribution in [3.05, 3.63) is 91.3 Å². The van der Waals surface area contributed by atoms with Crippen molar-refractivity contribution in [3.8, 4) is 5.75 Å². The summed E-state index contributed by atoms with van der Waals surface area (Å²) in [5.41, 5.74) is 4.17. The summed E-state index contributed by atoms with van der Waals surface area (Å²) < 4.78 is 7.68. The number of aliphatic imine (C=N–C) groups is 1. The highest BCUT2D eigenvalue weighted by Crippen LogP contribution is 2.35. The van der Waals surface area contributed by atoms with Gasteiger partial charge in [0.2, 0.25) is 0 Å². The summed E-state index contributed by atoms with van der Waals surface area (Å²) >= 11 is 13.1. The molecule has 0 heterocycles. The van der Waals surface area contributed by atoms with E-state index in [0.29, 0.717) is 11.6 Å². The van der Waals surface area contributed by atoms with Gasteiger partial charge in [0.05, 0.1) is 14.6 Å². The van der Waals surface area contributed by atoms with E-state index in [1.54, 1.807) is 0 Å². The number of hydrogen-bond acceptors (Lipinski definition) is 2. The van der Waals surface area contributed by atoms with Crippen LogP contribution >= 0.6 is 43.5 Å². The first kappa shape index (κ1) is 19.2. The van der Waals surface area contributed by atoms with Crippen LogP contribution in [-0.2, 0) is 6.61 Å².